The van der Waals surface area contributed by atoms with Gasteiger partial charge in [-0.1, -0.05) is 30.3 Å². The van der Waals surface area contributed by atoms with Crippen LogP contribution in [0.1, 0.15) is 30.9 Å². The van der Waals surface area contributed by atoms with Gasteiger partial charge in [0, 0.05) is 10.9 Å². The van der Waals surface area contributed by atoms with Gasteiger partial charge in [-0.05, 0) is 78.8 Å². The van der Waals surface area contributed by atoms with Gasteiger partial charge in [0.1, 0.15) is 0 Å². The van der Waals surface area contributed by atoms with Crippen LogP contribution in [0, 0.1) is 0 Å². The molecule has 1 aliphatic carbocycles. The van der Waals surface area contributed by atoms with Crippen molar-refractivity contribution in [3.63, 3.8) is 0 Å². The molecule has 4 aromatic rings. The highest BCUT2D eigenvalue weighted by molar-refractivity contribution is 6.09. The fourth-order valence-corrected chi connectivity index (χ4v) is 4.47. The average molecular weight is 406 g/mol. The van der Waals surface area contributed by atoms with Crippen molar-refractivity contribution < 1.29 is 9.84 Å². The SMILES string of the molecule is CCOc1cc(-c2nc3ccc4ccccc4c3c3c2CCCC3)ccc1O.Cl. The van der Waals surface area contributed by atoms with Crippen LogP contribution in [0.4, 0.5) is 0 Å². The summed E-state index contributed by atoms with van der Waals surface area (Å²) in [6.45, 7) is 2.44. The molecule has 0 aliphatic heterocycles. The minimum absolute atomic E-state index is 0. The summed E-state index contributed by atoms with van der Waals surface area (Å²) >= 11 is 0. The maximum Gasteiger partial charge on any atom is 0.161 e. The number of benzene rings is 3. The van der Waals surface area contributed by atoms with E-state index in [9.17, 15) is 5.11 Å². The lowest BCUT2D eigenvalue weighted by molar-refractivity contribution is 0.318. The van der Waals surface area contributed by atoms with Crippen LogP contribution in [0.15, 0.2) is 54.6 Å². The molecule has 0 radical (unpaired) electrons. The molecule has 3 nitrogen and oxygen atoms in total. The van der Waals surface area contributed by atoms with Crippen molar-refractivity contribution in [3.05, 3.63) is 65.7 Å². The number of hydrogen-bond acceptors (Lipinski definition) is 3. The van der Waals surface area contributed by atoms with E-state index in [0.29, 0.717) is 12.4 Å². The molecule has 5 rings (SSSR count). The summed E-state index contributed by atoms with van der Waals surface area (Å²) in [5.41, 5.74) is 5.87. The smallest absolute Gasteiger partial charge is 0.161 e. The lowest BCUT2D eigenvalue weighted by Crippen LogP contribution is -2.08. The summed E-state index contributed by atoms with van der Waals surface area (Å²) in [4.78, 5) is 5.10. The van der Waals surface area contributed by atoms with Crippen molar-refractivity contribution in [2.45, 2.75) is 32.6 Å². The number of rotatable bonds is 3. The highest BCUT2D eigenvalue weighted by Gasteiger charge is 2.21. The number of pyridine rings is 1. The molecule has 1 aliphatic rings. The topological polar surface area (TPSA) is 42.4 Å². The number of ether oxygens (including phenoxy) is 1. The van der Waals surface area contributed by atoms with Gasteiger partial charge in [0.2, 0.25) is 0 Å². The molecule has 0 saturated heterocycles. The van der Waals surface area contributed by atoms with E-state index < -0.39 is 0 Å². The van der Waals surface area contributed by atoms with Gasteiger partial charge >= 0.3 is 0 Å². The number of fused-ring (bicyclic) bond motifs is 5. The maximum atomic E-state index is 10.1. The lowest BCUT2D eigenvalue weighted by atomic mass is 9.85. The number of halogens is 1. The second kappa shape index (κ2) is 7.92. The van der Waals surface area contributed by atoms with Crippen LogP contribution in [0.2, 0.25) is 0 Å². The first-order valence-corrected chi connectivity index (χ1v) is 10.1. The number of phenolic OH excluding ortho intramolecular Hbond substituents is 1. The summed E-state index contributed by atoms with van der Waals surface area (Å²) in [6.07, 6.45) is 4.54. The monoisotopic (exact) mass is 405 g/mol. The van der Waals surface area contributed by atoms with E-state index in [1.54, 1.807) is 6.07 Å². The summed E-state index contributed by atoms with van der Waals surface area (Å²) in [7, 11) is 0. The number of hydrogen-bond donors (Lipinski definition) is 1. The lowest BCUT2D eigenvalue weighted by Gasteiger charge is -2.22. The standard InChI is InChI=1S/C25H23NO2.ClH/c1-2-28-23-15-17(12-14-22(23)27)25-20-10-6-5-9-19(20)24-18-8-4-3-7-16(18)11-13-21(24)26-25;/h3-4,7-8,11-15,27H,2,5-6,9-10H2,1H3;1H. The third-order valence-corrected chi connectivity index (χ3v) is 5.73. The normalized spacial score (nSPS) is 13.1. The molecule has 0 atom stereocenters. The number of phenols is 1. The van der Waals surface area contributed by atoms with Crippen molar-refractivity contribution in [2.75, 3.05) is 6.61 Å². The van der Waals surface area contributed by atoms with Crippen molar-refractivity contribution in [2.24, 2.45) is 0 Å². The molecule has 1 heterocycles. The fraction of sp³-hybridized carbons (Fsp3) is 0.240. The van der Waals surface area contributed by atoms with Gasteiger partial charge in [0.15, 0.2) is 11.5 Å². The van der Waals surface area contributed by atoms with E-state index in [0.717, 1.165) is 29.6 Å². The molecule has 148 valence electrons. The Morgan fingerprint density at radius 1 is 0.966 bits per heavy atom. The maximum absolute atomic E-state index is 10.1. The second-order valence-electron chi connectivity index (χ2n) is 7.42. The molecular weight excluding hydrogens is 382 g/mol. The quantitative estimate of drug-likeness (QED) is 0.397. The van der Waals surface area contributed by atoms with E-state index in [4.69, 9.17) is 9.72 Å². The Morgan fingerprint density at radius 2 is 1.76 bits per heavy atom. The second-order valence-corrected chi connectivity index (χ2v) is 7.42. The highest BCUT2D eigenvalue weighted by Crippen LogP contribution is 2.40. The molecule has 0 bridgehead atoms. The van der Waals surface area contributed by atoms with Gasteiger partial charge in [-0.15, -0.1) is 12.4 Å². The van der Waals surface area contributed by atoms with E-state index >= 15 is 0 Å². The zero-order chi connectivity index (χ0) is 19.1. The average Bonchev–Trinajstić information content (AvgIpc) is 2.74. The van der Waals surface area contributed by atoms with Crippen LogP contribution >= 0.6 is 12.4 Å². The van der Waals surface area contributed by atoms with Gasteiger partial charge in [-0.3, -0.25) is 0 Å². The number of aryl methyl sites for hydroxylation is 1. The molecule has 0 unspecified atom stereocenters. The van der Waals surface area contributed by atoms with Gasteiger partial charge in [0.05, 0.1) is 17.8 Å². The first-order valence-electron chi connectivity index (χ1n) is 10.1. The molecule has 29 heavy (non-hydrogen) atoms. The van der Waals surface area contributed by atoms with Crippen LogP contribution < -0.4 is 4.74 Å². The van der Waals surface area contributed by atoms with Gasteiger partial charge in [0.25, 0.3) is 0 Å². The van der Waals surface area contributed by atoms with Crippen LogP contribution in [0.3, 0.4) is 0 Å². The summed E-state index contributed by atoms with van der Waals surface area (Å²) < 4.78 is 5.61. The van der Waals surface area contributed by atoms with Crippen molar-refractivity contribution in [1.82, 2.24) is 4.98 Å². The van der Waals surface area contributed by atoms with Gasteiger partial charge < -0.3 is 9.84 Å². The largest absolute Gasteiger partial charge is 0.504 e. The Bertz CT molecular complexity index is 1200. The first-order chi connectivity index (χ1) is 13.8. The highest BCUT2D eigenvalue weighted by atomic mass is 35.5. The van der Waals surface area contributed by atoms with Gasteiger partial charge in [-0.2, -0.15) is 0 Å². The first kappa shape index (κ1) is 19.5. The molecule has 4 heteroatoms. The molecule has 1 aromatic heterocycles. The van der Waals surface area contributed by atoms with E-state index in [-0.39, 0.29) is 18.2 Å². The Balaban J connectivity index is 0.00000205. The third kappa shape index (κ3) is 3.30. The Hall–Kier alpha value is -2.78. The Kier molecular flexibility index (Phi) is 5.33. The minimum Gasteiger partial charge on any atom is -0.504 e. The van der Waals surface area contributed by atoms with Crippen molar-refractivity contribution >= 4 is 34.1 Å². The molecule has 3 aromatic carbocycles. The minimum atomic E-state index is 0. The number of aromatic nitrogens is 1. The van der Waals surface area contributed by atoms with Crippen LogP contribution in [-0.4, -0.2) is 16.7 Å². The van der Waals surface area contributed by atoms with Crippen LogP contribution in [0.5, 0.6) is 11.5 Å². The number of aromatic hydroxyl groups is 1. The zero-order valence-corrected chi connectivity index (χ0v) is 17.3. The Morgan fingerprint density at radius 3 is 2.59 bits per heavy atom. The fourth-order valence-electron chi connectivity index (χ4n) is 4.47. The summed E-state index contributed by atoms with van der Waals surface area (Å²) in [6, 6.07) is 18.5. The summed E-state index contributed by atoms with van der Waals surface area (Å²) in [5.74, 6) is 0.691. The molecule has 0 saturated carbocycles. The van der Waals surface area contributed by atoms with Crippen LogP contribution in [0.25, 0.3) is 32.9 Å². The summed E-state index contributed by atoms with van der Waals surface area (Å²) in [5, 5.41) is 14.0. The molecular formula is C25H24ClNO2. The van der Waals surface area contributed by atoms with E-state index in [1.807, 2.05) is 19.1 Å². The molecule has 0 fully saturated rings. The molecule has 0 amide bonds. The Labute approximate surface area is 176 Å². The number of nitrogens with zero attached hydrogens (tertiary/aromatic N) is 1. The third-order valence-electron chi connectivity index (χ3n) is 5.73. The van der Waals surface area contributed by atoms with Crippen molar-refractivity contribution in [3.8, 4) is 22.8 Å². The van der Waals surface area contributed by atoms with E-state index in [2.05, 4.69) is 36.4 Å². The molecule has 1 N–H and O–H groups in total. The predicted octanol–water partition coefficient (Wildman–Crippen LogP) is 6.46. The van der Waals surface area contributed by atoms with E-state index in [1.165, 1.54) is 40.1 Å². The zero-order valence-electron chi connectivity index (χ0n) is 16.4. The van der Waals surface area contributed by atoms with Gasteiger partial charge in [-0.25, -0.2) is 4.98 Å². The molecule has 0 spiro atoms. The van der Waals surface area contributed by atoms with Crippen LogP contribution in [-0.2, 0) is 12.8 Å². The predicted molar refractivity (Wildman–Crippen MR) is 121 cm³/mol. The van der Waals surface area contributed by atoms with Crippen molar-refractivity contribution in [1.29, 1.82) is 0 Å².